The Morgan fingerprint density at radius 2 is 1.81 bits per heavy atom. The molecule has 13 nitrogen and oxygen atoms in total. The molecule has 226 valence electrons. The lowest BCUT2D eigenvalue weighted by Gasteiger charge is -2.32. The number of alkyl halides is 2. The number of para-hydroxylation sites is 1. The molecule has 6 atom stereocenters. The summed E-state index contributed by atoms with van der Waals surface area (Å²) in [4.78, 5) is 28.4. The minimum Gasteiger partial charge on any atom is -0.460 e. The molecular formula is C26H29F2N4O9P. The zero-order valence-electron chi connectivity index (χ0n) is 22.2. The second-order valence-corrected chi connectivity index (χ2v) is 11.1. The summed E-state index contributed by atoms with van der Waals surface area (Å²) in [5.41, 5.74) is 2.12. The van der Waals surface area contributed by atoms with Gasteiger partial charge in [-0.2, -0.15) is 10.1 Å². The van der Waals surface area contributed by atoms with Crippen LogP contribution in [0.4, 0.5) is 14.6 Å². The number of benzene rings is 2. The molecule has 1 aliphatic rings. The quantitative estimate of drug-likeness (QED) is 0.173. The third-order valence-corrected chi connectivity index (χ3v) is 7.93. The van der Waals surface area contributed by atoms with E-state index in [9.17, 15) is 33.1 Å². The molecule has 1 saturated heterocycles. The van der Waals surface area contributed by atoms with Gasteiger partial charge < -0.3 is 29.9 Å². The van der Waals surface area contributed by atoms with Gasteiger partial charge in [-0.3, -0.25) is 13.9 Å². The van der Waals surface area contributed by atoms with Crippen LogP contribution < -0.4 is 21.0 Å². The van der Waals surface area contributed by atoms with Crippen LogP contribution in [0.1, 0.15) is 18.7 Å². The van der Waals surface area contributed by atoms with Crippen molar-refractivity contribution in [3.05, 3.63) is 89.0 Å². The molecule has 0 radical (unpaired) electrons. The van der Waals surface area contributed by atoms with E-state index in [2.05, 4.69) is 10.1 Å². The summed E-state index contributed by atoms with van der Waals surface area (Å²) in [5.74, 6) is -1.03. The van der Waals surface area contributed by atoms with Gasteiger partial charge in [0.2, 0.25) is 0 Å². The molecule has 42 heavy (non-hydrogen) atoms. The minimum atomic E-state index is -4.69. The summed E-state index contributed by atoms with van der Waals surface area (Å²) in [6, 6.07) is 16.1. The molecule has 0 aliphatic carbocycles. The van der Waals surface area contributed by atoms with E-state index in [-0.39, 0.29) is 18.2 Å². The molecule has 0 spiro atoms. The molecule has 16 heteroatoms. The first-order valence-electron chi connectivity index (χ1n) is 12.6. The molecule has 0 amide bonds. The maximum Gasteiger partial charge on any atom is 0.459 e. The Kier molecular flexibility index (Phi) is 9.71. The summed E-state index contributed by atoms with van der Waals surface area (Å²) < 4.78 is 64.9. The summed E-state index contributed by atoms with van der Waals surface area (Å²) >= 11 is 0. The normalized spacial score (nSPS) is 24.2. The highest BCUT2D eigenvalue weighted by atomic mass is 31.2. The Balaban J connectivity index is 1.55. The monoisotopic (exact) mass is 610 g/mol. The third-order valence-electron chi connectivity index (χ3n) is 6.31. The highest BCUT2D eigenvalue weighted by Gasteiger charge is 2.61. The van der Waals surface area contributed by atoms with Crippen LogP contribution in [0.25, 0.3) is 0 Å². The molecule has 3 aromatic rings. The zero-order chi connectivity index (χ0) is 30.5. The van der Waals surface area contributed by atoms with Gasteiger partial charge in [-0.25, -0.2) is 18.1 Å². The van der Waals surface area contributed by atoms with Gasteiger partial charge in [0.25, 0.3) is 6.43 Å². The number of nitrogens with zero attached hydrogens (tertiary/aromatic N) is 2. The van der Waals surface area contributed by atoms with Crippen molar-refractivity contribution < 1.29 is 46.9 Å². The number of carbonyl (C=O) groups excluding carboxylic acids is 1. The summed E-state index contributed by atoms with van der Waals surface area (Å²) in [7, 11) is -4.69. The first kappa shape index (κ1) is 31.2. The first-order valence-corrected chi connectivity index (χ1v) is 14.1. The topological polar surface area (TPSA) is 184 Å². The SMILES string of the molecule is C[C@H](N[P@](=O)(OC[C@@]1(C(F)F)O[C@@H](n2ccc(N)nc2=O)[C@H](O)[C@@H]1O)Oc1ccccc1)C(=O)OCc1ccccc1. The van der Waals surface area contributed by atoms with E-state index in [4.69, 9.17) is 24.3 Å². The van der Waals surface area contributed by atoms with Gasteiger partial charge in [0.05, 0.1) is 6.61 Å². The smallest absolute Gasteiger partial charge is 0.459 e. The fourth-order valence-corrected chi connectivity index (χ4v) is 5.58. The van der Waals surface area contributed by atoms with E-state index in [1.165, 1.54) is 19.1 Å². The Morgan fingerprint density at radius 3 is 2.43 bits per heavy atom. The molecule has 0 unspecified atom stereocenters. The fourth-order valence-electron chi connectivity index (χ4n) is 4.05. The number of aliphatic hydroxyl groups is 2. The highest BCUT2D eigenvalue weighted by Crippen LogP contribution is 2.49. The van der Waals surface area contributed by atoms with Gasteiger partial charge in [-0.1, -0.05) is 48.5 Å². The fraction of sp³-hybridized carbons (Fsp3) is 0.346. The molecule has 4 rings (SSSR count). The Morgan fingerprint density at radius 1 is 1.17 bits per heavy atom. The third kappa shape index (κ3) is 7.01. The number of hydrogen-bond donors (Lipinski definition) is 4. The van der Waals surface area contributed by atoms with Crippen molar-refractivity contribution in [2.75, 3.05) is 12.3 Å². The van der Waals surface area contributed by atoms with E-state index in [0.717, 1.165) is 12.3 Å². The van der Waals surface area contributed by atoms with E-state index in [0.29, 0.717) is 10.1 Å². The number of nitrogen functional groups attached to an aromatic ring is 1. The van der Waals surface area contributed by atoms with Gasteiger partial charge >= 0.3 is 19.4 Å². The van der Waals surface area contributed by atoms with Crippen LogP contribution in [0.2, 0.25) is 0 Å². The second kappa shape index (κ2) is 13.1. The Labute approximate surface area is 238 Å². The number of esters is 1. The molecular weight excluding hydrogens is 581 g/mol. The predicted molar refractivity (Wildman–Crippen MR) is 143 cm³/mol. The van der Waals surface area contributed by atoms with Crippen LogP contribution in [-0.4, -0.2) is 62.6 Å². The van der Waals surface area contributed by atoms with Crippen LogP contribution in [0.5, 0.6) is 5.75 Å². The maximum atomic E-state index is 14.5. The maximum absolute atomic E-state index is 14.5. The van der Waals surface area contributed by atoms with Crippen molar-refractivity contribution >= 4 is 19.5 Å². The number of halogens is 2. The second-order valence-electron chi connectivity index (χ2n) is 9.36. The van der Waals surface area contributed by atoms with Crippen LogP contribution in [0.15, 0.2) is 77.7 Å². The van der Waals surface area contributed by atoms with Gasteiger partial charge in [0.1, 0.15) is 36.4 Å². The number of anilines is 1. The Bertz CT molecular complexity index is 1470. The molecule has 5 N–H and O–H groups in total. The number of aromatic nitrogens is 2. The predicted octanol–water partition coefficient (Wildman–Crippen LogP) is 2.01. The van der Waals surface area contributed by atoms with E-state index in [1.807, 2.05) is 0 Å². The van der Waals surface area contributed by atoms with Crippen molar-refractivity contribution in [1.82, 2.24) is 14.6 Å². The van der Waals surface area contributed by atoms with E-state index < -0.39 is 62.5 Å². The van der Waals surface area contributed by atoms with Crippen LogP contribution in [0.3, 0.4) is 0 Å². The number of carbonyl (C=O) groups is 1. The number of nitrogens with one attached hydrogen (secondary N) is 1. The average Bonchev–Trinajstić information content (AvgIpc) is 3.22. The number of hydrogen-bond acceptors (Lipinski definition) is 11. The van der Waals surface area contributed by atoms with Crippen LogP contribution in [-0.2, 0) is 30.0 Å². The van der Waals surface area contributed by atoms with E-state index in [1.54, 1.807) is 48.5 Å². The number of ether oxygens (including phenoxy) is 2. The summed E-state index contributed by atoms with van der Waals surface area (Å²) in [6.45, 7) is -0.106. The van der Waals surface area contributed by atoms with Crippen molar-refractivity contribution in [1.29, 1.82) is 0 Å². The van der Waals surface area contributed by atoms with Crippen molar-refractivity contribution in [2.45, 2.75) is 50.0 Å². The lowest BCUT2D eigenvalue weighted by atomic mass is 9.96. The van der Waals surface area contributed by atoms with Crippen molar-refractivity contribution in [3.8, 4) is 5.75 Å². The Hall–Kier alpha value is -3.72. The van der Waals surface area contributed by atoms with Crippen LogP contribution >= 0.6 is 7.75 Å². The standard InChI is InChI=1S/C26H29F2N4O9P/c1-16(23(35)38-14-17-8-4-2-5-9-17)31-42(37,41-18-10-6-3-7-11-18)39-15-26(24(27)28)21(34)20(33)22(40-26)32-13-12-19(29)30-25(32)36/h2-13,16,20-22,24,33-34H,14-15H2,1H3,(H,31,37)(H2,29,30,36)/t16-,20+,21-,22+,26+,42-/m0/s1. The average molecular weight is 611 g/mol. The molecule has 1 aromatic heterocycles. The molecule has 2 heterocycles. The van der Waals surface area contributed by atoms with Crippen LogP contribution in [0, 0.1) is 0 Å². The highest BCUT2D eigenvalue weighted by molar-refractivity contribution is 7.52. The molecule has 1 aliphatic heterocycles. The van der Waals surface area contributed by atoms with Crippen molar-refractivity contribution in [3.63, 3.8) is 0 Å². The van der Waals surface area contributed by atoms with Gasteiger partial charge in [0, 0.05) is 6.20 Å². The number of aliphatic hydroxyl groups excluding tert-OH is 2. The minimum absolute atomic E-state index is 0.00501. The lowest BCUT2D eigenvalue weighted by molar-refractivity contribution is -0.192. The first-order chi connectivity index (χ1) is 19.9. The van der Waals surface area contributed by atoms with Gasteiger partial charge in [-0.05, 0) is 30.7 Å². The molecule has 2 aromatic carbocycles. The summed E-state index contributed by atoms with van der Waals surface area (Å²) in [5, 5.41) is 23.6. The molecule has 0 bridgehead atoms. The van der Waals surface area contributed by atoms with Gasteiger partial charge in [0.15, 0.2) is 11.8 Å². The number of rotatable bonds is 12. The van der Waals surface area contributed by atoms with E-state index >= 15 is 0 Å². The van der Waals surface area contributed by atoms with Gasteiger partial charge in [-0.15, -0.1) is 0 Å². The molecule has 0 saturated carbocycles. The number of nitrogens with two attached hydrogens (primary N) is 1. The van der Waals surface area contributed by atoms with Crippen molar-refractivity contribution in [2.24, 2.45) is 0 Å². The summed E-state index contributed by atoms with van der Waals surface area (Å²) in [6.07, 6.45) is -8.69. The largest absolute Gasteiger partial charge is 0.460 e. The molecule has 1 fully saturated rings. The lowest BCUT2D eigenvalue weighted by Crippen LogP contribution is -2.53. The zero-order valence-corrected chi connectivity index (χ0v) is 23.1.